The van der Waals surface area contributed by atoms with Crippen LogP contribution < -0.4 is 11.1 Å². The first-order valence-corrected chi connectivity index (χ1v) is 8.62. The highest BCUT2D eigenvalue weighted by atomic mass is 35.5. The van der Waals surface area contributed by atoms with Crippen LogP contribution in [0.4, 0.5) is 18.0 Å². The summed E-state index contributed by atoms with van der Waals surface area (Å²) in [5.74, 6) is -1.68. The van der Waals surface area contributed by atoms with Crippen molar-refractivity contribution in [3.63, 3.8) is 0 Å². The van der Waals surface area contributed by atoms with Gasteiger partial charge in [0.1, 0.15) is 0 Å². The number of rotatable bonds is 7. The predicted octanol–water partition coefficient (Wildman–Crippen LogP) is 3.88. The third kappa shape index (κ3) is 6.49. The van der Waals surface area contributed by atoms with Crippen LogP contribution in [0, 0.1) is 0 Å². The normalized spacial score (nSPS) is 12.1. The first-order chi connectivity index (χ1) is 13.6. The number of Topliss-reactive ketones (excluding diaryl/α,β-unsaturated/α-hetero) is 1. The number of benzene rings is 2. The van der Waals surface area contributed by atoms with Crippen LogP contribution >= 0.6 is 11.6 Å². The van der Waals surface area contributed by atoms with E-state index in [9.17, 15) is 27.6 Å². The summed E-state index contributed by atoms with van der Waals surface area (Å²) in [5, 5.41) is 2.63. The lowest BCUT2D eigenvalue weighted by atomic mass is 10.0. The Morgan fingerprint density at radius 1 is 1.10 bits per heavy atom. The number of halogens is 4. The second kappa shape index (κ2) is 9.42. The maximum atomic E-state index is 12.7. The van der Waals surface area contributed by atoms with Crippen LogP contribution in [0.1, 0.15) is 33.9 Å². The Bertz CT molecular complexity index is 918. The molecule has 0 radical (unpaired) electrons. The highest BCUT2D eigenvalue weighted by Gasteiger charge is 2.31. The van der Waals surface area contributed by atoms with Crippen LogP contribution in [0.2, 0.25) is 5.02 Å². The van der Waals surface area contributed by atoms with Crippen molar-refractivity contribution in [1.29, 1.82) is 0 Å². The van der Waals surface area contributed by atoms with E-state index in [1.54, 1.807) is 24.3 Å². The van der Waals surface area contributed by atoms with Crippen molar-refractivity contribution in [2.45, 2.75) is 18.6 Å². The first kappa shape index (κ1) is 22.2. The molecule has 0 fully saturated rings. The van der Waals surface area contributed by atoms with Gasteiger partial charge in [-0.05, 0) is 23.8 Å². The lowest BCUT2D eigenvalue weighted by Crippen LogP contribution is -2.35. The summed E-state index contributed by atoms with van der Waals surface area (Å²) in [5.41, 5.74) is 4.29. The van der Waals surface area contributed by atoms with E-state index in [0.717, 1.165) is 12.1 Å². The quantitative estimate of drug-likeness (QED) is 0.516. The molecular formula is C19H16ClF3N2O4. The molecule has 0 aliphatic carbocycles. The number of esters is 1. The van der Waals surface area contributed by atoms with Gasteiger partial charge in [0.05, 0.1) is 18.0 Å². The molecule has 1 unspecified atom stereocenters. The molecule has 2 rings (SSSR count). The molecule has 0 saturated heterocycles. The molecule has 2 amide bonds. The van der Waals surface area contributed by atoms with Crippen LogP contribution in [0.25, 0.3) is 0 Å². The predicted molar refractivity (Wildman–Crippen MR) is 98.3 cm³/mol. The van der Waals surface area contributed by atoms with E-state index < -0.39 is 42.2 Å². The van der Waals surface area contributed by atoms with Crippen molar-refractivity contribution in [2.24, 2.45) is 5.73 Å². The Morgan fingerprint density at radius 2 is 1.79 bits per heavy atom. The van der Waals surface area contributed by atoms with Crippen LogP contribution in [0.15, 0.2) is 48.5 Å². The number of hydrogen-bond donors (Lipinski definition) is 2. The fraction of sp³-hybridized carbons (Fsp3) is 0.211. The van der Waals surface area contributed by atoms with Crippen molar-refractivity contribution in [3.8, 4) is 0 Å². The summed E-state index contributed by atoms with van der Waals surface area (Å²) in [6, 6.07) is 8.39. The van der Waals surface area contributed by atoms with Gasteiger partial charge in [0.2, 0.25) is 0 Å². The number of ketones is 1. The fourth-order valence-electron chi connectivity index (χ4n) is 2.49. The third-order valence-corrected chi connectivity index (χ3v) is 4.19. The number of hydrogen-bond acceptors (Lipinski definition) is 4. The topological polar surface area (TPSA) is 98.5 Å². The Labute approximate surface area is 168 Å². The number of carbonyl (C=O) groups excluding carboxylic acids is 3. The average molecular weight is 429 g/mol. The number of urea groups is 1. The van der Waals surface area contributed by atoms with E-state index >= 15 is 0 Å². The fourth-order valence-corrected chi connectivity index (χ4v) is 2.76. The summed E-state index contributed by atoms with van der Waals surface area (Å²) in [6.45, 7) is -0.758. The molecule has 2 aromatic carbocycles. The van der Waals surface area contributed by atoms with Crippen LogP contribution in [-0.4, -0.2) is 24.4 Å². The van der Waals surface area contributed by atoms with Gasteiger partial charge in [-0.3, -0.25) is 9.59 Å². The number of amides is 2. The Kier molecular flexibility index (Phi) is 7.22. The van der Waals surface area contributed by atoms with E-state index in [1.807, 2.05) is 0 Å². The number of carbonyl (C=O) groups is 3. The molecule has 1 atom stereocenters. The molecule has 0 saturated carbocycles. The molecule has 10 heteroatoms. The van der Waals surface area contributed by atoms with E-state index in [2.05, 4.69) is 5.32 Å². The van der Waals surface area contributed by atoms with Gasteiger partial charge >= 0.3 is 18.2 Å². The third-order valence-electron chi connectivity index (χ3n) is 3.84. The minimum Gasteiger partial charge on any atom is -0.457 e. The number of alkyl halides is 3. The minimum atomic E-state index is -4.60. The van der Waals surface area contributed by atoms with E-state index in [1.165, 1.54) is 6.07 Å². The lowest BCUT2D eigenvalue weighted by molar-refractivity contribution is -0.143. The first-order valence-electron chi connectivity index (χ1n) is 8.24. The molecule has 0 bridgehead atoms. The smallest absolute Gasteiger partial charge is 0.416 e. The molecular weight excluding hydrogens is 413 g/mol. The zero-order valence-electron chi connectivity index (χ0n) is 14.8. The van der Waals surface area contributed by atoms with Crippen LogP contribution in [0.3, 0.4) is 0 Å². The molecule has 0 aliphatic heterocycles. The minimum absolute atomic E-state index is 0.245. The zero-order chi connectivity index (χ0) is 21.6. The summed E-state index contributed by atoms with van der Waals surface area (Å²) in [6.07, 6.45) is -4.99. The van der Waals surface area contributed by atoms with Gasteiger partial charge in [0, 0.05) is 10.6 Å². The van der Waals surface area contributed by atoms with Crippen molar-refractivity contribution in [3.05, 3.63) is 70.2 Å². The van der Waals surface area contributed by atoms with Crippen LogP contribution in [0.5, 0.6) is 0 Å². The van der Waals surface area contributed by atoms with Crippen molar-refractivity contribution < 1.29 is 32.3 Å². The Hall–Kier alpha value is -3.07. The molecule has 29 heavy (non-hydrogen) atoms. The van der Waals surface area contributed by atoms with Gasteiger partial charge in [0.15, 0.2) is 12.4 Å². The van der Waals surface area contributed by atoms with Crippen molar-refractivity contribution in [1.82, 2.24) is 5.32 Å². The van der Waals surface area contributed by atoms with E-state index in [-0.39, 0.29) is 17.0 Å². The molecule has 154 valence electrons. The summed E-state index contributed by atoms with van der Waals surface area (Å²) in [4.78, 5) is 35.4. The number of primary amides is 1. The molecule has 0 aromatic heterocycles. The van der Waals surface area contributed by atoms with Gasteiger partial charge in [-0.15, -0.1) is 0 Å². The summed E-state index contributed by atoms with van der Waals surface area (Å²) in [7, 11) is 0. The van der Waals surface area contributed by atoms with Gasteiger partial charge < -0.3 is 15.8 Å². The molecule has 0 heterocycles. The monoisotopic (exact) mass is 428 g/mol. The van der Waals surface area contributed by atoms with Crippen molar-refractivity contribution in [2.75, 3.05) is 6.61 Å². The highest BCUT2D eigenvalue weighted by molar-refractivity contribution is 6.31. The number of ether oxygens (including phenoxy) is 1. The van der Waals surface area contributed by atoms with Crippen LogP contribution in [-0.2, 0) is 15.7 Å². The molecule has 0 aliphatic rings. The van der Waals surface area contributed by atoms with E-state index in [0.29, 0.717) is 11.6 Å². The maximum absolute atomic E-state index is 12.7. The second-order valence-electron chi connectivity index (χ2n) is 5.95. The lowest BCUT2D eigenvalue weighted by Gasteiger charge is -2.18. The maximum Gasteiger partial charge on any atom is 0.416 e. The molecule has 0 spiro atoms. The Balaban J connectivity index is 2.03. The summed E-state index contributed by atoms with van der Waals surface area (Å²) >= 11 is 6.05. The SMILES string of the molecule is NC(=O)NC(CC(=O)OCC(=O)c1cccc(C(F)(F)F)c1)c1ccccc1Cl. The van der Waals surface area contributed by atoms with Gasteiger partial charge in [-0.25, -0.2) is 4.79 Å². The standard InChI is InChI=1S/C19H16ClF3N2O4/c20-14-7-2-1-6-13(14)15(25-18(24)28)9-17(27)29-10-16(26)11-4-3-5-12(8-11)19(21,22)23/h1-8,15H,9-10H2,(H3,24,25,28). The number of nitrogens with one attached hydrogen (secondary N) is 1. The molecule has 6 nitrogen and oxygen atoms in total. The zero-order valence-corrected chi connectivity index (χ0v) is 15.6. The second-order valence-corrected chi connectivity index (χ2v) is 6.36. The Morgan fingerprint density at radius 3 is 2.41 bits per heavy atom. The average Bonchev–Trinajstić information content (AvgIpc) is 2.65. The molecule has 2 aromatic rings. The largest absolute Gasteiger partial charge is 0.457 e. The van der Waals surface area contributed by atoms with Gasteiger partial charge in [0.25, 0.3) is 0 Å². The van der Waals surface area contributed by atoms with Gasteiger partial charge in [-0.1, -0.05) is 41.9 Å². The highest BCUT2D eigenvalue weighted by Crippen LogP contribution is 2.29. The van der Waals surface area contributed by atoms with Gasteiger partial charge in [-0.2, -0.15) is 13.2 Å². The van der Waals surface area contributed by atoms with Crippen molar-refractivity contribution >= 4 is 29.4 Å². The summed E-state index contributed by atoms with van der Waals surface area (Å²) < 4.78 is 43.1. The van der Waals surface area contributed by atoms with E-state index in [4.69, 9.17) is 22.1 Å². The number of nitrogens with two attached hydrogens (primary N) is 1. The molecule has 3 N–H and O–H groups in total.